The molecule has 0 radical (unpaired) electrons. The lowest BCUT2D eigenvalue weighted by molar-refractivity contribution is 0.307. The molecule has 1 aromatic heterocycles. The Labute approximate surface area is 115 Å². The van der Waals surface area contributed by atoms with Crippen molar-refractivity contribution in [3.05, 3.63) is 17.1 Å². The van der Waals surface area contributed by atoms with E-state index in [0.717, 1.165) is 30.4 Å². The van der Waals surface area contributed by atoms with E-state index in [-0.39, 0.29) is 0 Å². The standard InChI is InChI=1S/C15H24N4/c1-2-10-5-3-6-11(9-10)14-17-13-8-4-7-12(13)15(18-14)19-16/h10-11H,2-9,16H2,1H3,(H,17,18,19). The zero-order chi connectivity index (χ0) is 13.2. The van der Waals surface area contributed by atoms with E-state index in [1.54, 1.807) is 0 Å². The smallest absolute Gasteiger partial charge is 0.147 e. The molecule has 104 valence electrons. The lowest BCUT2D eigenvalue weighted by Crippen LogP contribution is -2.19. The third-order valence-electron chi connectivity index (χ3n) is 4.81. The van der Waals surface area contributed by atoms with Gasteiger partial charge in [-0.3, -0.25) is 0 Å². The number of nitrogen functional groups attached to an aromatic ring is 1. The van der Waals surface area contributed by atoms with Crippen LogP contribution in [0, 0.1) is 5.92 Å². The van der Waals surface area contributed by atoms with Gasteiger partial charge in [0, 0.05) is 17.2 Å². The van der Waals surface area contributed by atoms with Crippen molar-refractivity contribution in [2.75, 3.05) is 5.43 Å². The van der Waals surface area contributed by atoms with Crippen LogP contribution in [-0.4, -0.2) is 9.97 Å². The van der Waals surface area contributed by atoms with E-state index < -0.39 is 0 Å². The van der Waals surface area contributed by atoms with Crippen LogP contribution in [0.3, 0.4) is 0 Å². The van der Waals surface area contributed by atoms with E-state index in [0.29, 0.717) is 5.92 Å². The number of hydrogen-bond donors (Lipinski definition) is 2. The highest BCUT2D eigenvalue weighted by molar-refractivity contribution is 5.48. The van der Waals surface area contributed by atoms with Gasteiger partial charge in [-0.05, 0) is 38.0 Å². The van der Waals surface area contributed by atoms with Crippen LogP contribution in [0.1, 0.15) is 68.4 Å². The van der Waals surface area contributed by atoms with Crippen molar-refractivity contribution in [1.29, 1.82) is 0 Å². The molecule has 0 amide bonds. The minimum Gasteiger partial charge on any atom is -0.308 e. The second kappa shape index (κ2) is 5.45. The summed E-state index contributed by atoms with van der Waals surface area (Å²) in [6.45, 7) is 2.30. The lowest BCUT2D eigenvalue weighted by atomic mass is 9.80. The van der Waals surface area contributed by atoms with Gasteiger partial charge in [0.2, 0.25) is 0 Å². The van der Waals surface area contributed by atoms with Crippen molar-refractivity contribution < 1.29 is 0 Å². The zero-order valence-electron chi connectivity index (χ0n) is 11.8. The fourth-order valence-corrected chi connectivity index (χ4v) is 3.65. The highest BCUT2D eigenvalue weighted by Crippen LogP contribution is 2.37. The average molecular weight is 260 g/mol. The van der Waals surface area contributed by atoms with Crippen molar-refractivity contribution in [3.8, 4) is 0 Å². The van der Waals surface area contributed by atoms with Gasteiger partial charge in [0.15, 0.2) is 0 Å². The van der Waals surface area contributed by atoms with Crippen molar-refractivity contribution in [1.82, 2.24) is 9.97 Å². The van der Waals surface area contributed by atoms with E-state index in [9.17, 15) is 0 Å². The highest BCUT2D eigenvalue weighted by Gasteiger charge is 2.27. The Morgan fingerprint density at radius 2 is 2.11 bits per heavy atom. The summed E-state index contributed by atoms with van der Waals surface area (Å²) in [5, 5.41) is 0. The molecule has 0 aliphatic heterocycles. The van der Waals surface area contributed by atoms with Gasteiger partial charge in [-0.1, -0.05) is 26.2 Å². The third-order valence-corrected chi connectivity index (χ3v) is 4.81. The summed E-state index contributed by atoms with van der Waals surface area (Å²) in [6, 6.07) is 0. The van der Waals surface area contributed by atoms with Crippen LogP contribution in [0.25, 0.3) is 0 Å². The molecule has 2 atom stereocenters. The van der Waals surface area contributed by atoms with Crippen LogP contribution in [0.4, 0.5) is 5.82 Å². The van der Waals surface area contributed by atoms with Gasteiger partial charge >= 0.3 is 0 Å². The number of aromatic nitrogens is 2. The molecule has 0 bridgehead atoms. The van der Waals surface area contributed by atoms with Gasteiger partial charge in [0.1, 0.15) is 11.6 Å². The quantitative estimate of drug-likeness (QED) is 0.648. The van der Waals surface area contributed by atoms with Gasteiger partial charge in [0.25, 0.3) is 0 Å². The number of rotatable bonds is 3. The molecular weight excluding hydrogens is 236 g/mol. The van der Waals surface area contributed by atoms with E-state index in [4.69, 9.17) is 15.8 Å². The first-order valence-electron chi connectivity index (χ1n) is 7.68. The topological polar surface area (TPSA) is 63.8 Å². The first kappa shape index (κ1) is 12.9. The van der Waals surface area contributed by atoms with Crippen LogP contribution in [0.15, 0.2) is 0 Å². The first-order valence-corrected chi connectivity index (χ1v) is 7.68. The van der Waals surface area contributed by atoms with Crippen molar-refractivity contribution in [3.63, 3.8) is 0 Å². The van der Waals surface area contributed by atoms with Crippen LogP contribution in [0.2, 0.25) is 0 Å². The number of nitrogens with one attached hydrogen (secondary N) is 1. The lowest BCUT2D eigenvalue weighted by Gasteiger charge is -2.28. The Balaban J connectivity index is 1.88. The van der Waals surface area contributed by atoms with Crippen molar-refractivity contribution in [2.24, 2.45) is 11.8 Å². The summed E-state index contributed by atoms with van der Waals surface area (Å²) >= 11 is 0. The zero-order valence-corrected chi connectivity index (χ0v) is 11.8. The molecule has 0 saturated heterocycles. The van der Waals surface area contributed by atoms with Crippen LogP contribution in [0.5, 0.6) is 0 Å². The fourth-order valence-electron chi connectivity index (χ4n) is 3.65. The summed E-state index contributed by atoms with van der Waals surface area (Å²) in [4.78, 5) is 9.56. The number of nitrogens with zero attached hydrogens (tertiary/aromatic N) is 2. The van der Waals surface area contributed by atoms with Gasteiger partial charge in [-0.15, -0.1) is 0 Å². The maximum atomic E-state index is 5.63. The van der Waals surface area contributed by atoms with E-state index >= 15 is 0 Å². The Kier molecular flexibility index (Phi) is 3.69. The number of fused-ring (bicyclic) bond motifs is 1. The second-order valence-electron chi connectivity index (χ2n) is 5.99. The molecule has 19 heavy (non-hydrogen) atoms. The number of nitrogens with two attached hydrogens (primary N) is 1. The molecule has 2 aliphatic rings. The Morgan fingerprint density at radius 3 is 2.89 bits per heavy atom. The predicted molar refractivity (Wildman–Crippen MR) is 76.9 cm³/mol. The van der Waals surface area contributed by atoms with Gasteiger partial charge in [-0.25, -0.2) is 15.8 Å². The predicted octanol–water partition coefficient (Wildman–Crippen LogP) is 2.93. The molecule has 1 heterocycles. The molecule has 3 N–H and O–H groups in total. The molecule has 0 aromatic carbocycles. The minimum absolute atomic E-state index is 0.539. The molecule has 1 aromatic rings. The molecule has 3 rings (SSSR count). The van der Waals surface area contributed by atoms with Crippen molar-refractivity contribution >= 4 is 5.82 Å². The third kappa shape index (κ3) is 2.46. The van der Waals surface area contributed by atoms with Crippen LogP contribution < -0.4 is 11.3 Å². The summed E-state index contributed by atoms with van der Waals surface area (Å²) in [5.74, 6) is 8.93. The second-order valence-corrected chi connectivity index (χ2v) is 5.99. The fraction of sp³-hybridized carbons (Fsp3) is 0.733. The summed E-state index contributed by atoms with van der Waals surface area (Å²) < 4.78 is 0. The van der Waals surface area contributed by atoms with Gasteiger partial charge < -0.3 is 5.43 Å². The molecule has 4 heteroatoms. The van der Waals surface area contributed by atoms with E-state index in [1.807, 2.05) is 0 Å². The SMILES string of the molecule is CCC1CCCC(c2nc3c(c(NN)n2)CCC3)C1. The van der Waals surface area contributed by atoms with Gasteiger partial charge in [-0.2, -0.15) is 0 Å². The summed E-state index contributed by atoms with van der Waals surface area (Å²) in [6.07, 6.45) is 9.79. The molecule has 2 unspecified atom stereocenters. The normalized spacial score (nSPS) is 26.2. The largest absolute Gasteiger partial charge is 0.308 e. The van der Waals surface area contributed by atoms with Crippen molar-refractivity contribution in [2.45, 2.75) is 64.2 Å². The Bertz CT molecular complexity index is 458. The van der Waals surface area contributed by atoms with Crippen LogP contribution >= 0.6 is 0 Å². The maximum Gasteiger partial charge on any atom is 0.147 e. The van der Waals surface area contributed by atoms with Crippen LogP contribution in [-0.2, 0) is 12.8 Å². The number of hydrazine groups is 1. The minimum atomic E-state index is 0.539. The Morgan fingerprint density at radius 1 is 1.21 bits per heavy atom. The van der Waals surface area contributed by atoms with Gasteiger partial charge in [0.05, 0.1) is 0 Å². The number of hydrogen-bond acceptors (Lipinski definition) is 4. The first-order chi connectivity index (χ1) is 9.31. The number of aryl methyl sites for hydroxylation is 1. The molecule has 1 fully saturated rings. The molecule has 4 nitrogen and oxygen atoms in total. The van der Waals surface area contributed by atoms with E-state index in [1.165, 1.54) is 49.8 Å². The highest BCUT2D eigenvalue weighted by atomic mass is 15.3. The molecule has 2 aliphatic carbocycles. The summed E-state index contributed by atoms with van der Waals surface area (Å²) in [7, 11) is 0. The monoisotopic (exact) mass is 260 g/mol. The maximum absolute atomic E-state index is 5.63. The van der Waals surface area contributed by atoms with E-state index in [2.05, 4.69) is 12.3 Å². The average Bonchev–Trinajstić information content (AvgIpc) is 2.94. The molecular formula is C15H24N4. The molecule has 0 spiro atoms. The Hall–Kier alpha value is -1.16. The number of anilines is 1. The molecule has 1 saturated carbocycles. The summed E-state index contributed by atoms with van der Waals surface area (Å²) in [5.41, 5.74) is 5.26.